The van der Waals surface area contributed by atoms with Crippen molar-refractivity contribution >= 4 is 5.78 Å². The Balaban J connectivity index is 1.47. The van der Waals surface area contributed by atoms with Gasteiger partial charge < -0.3 is 4.57 Å². The van der Waals surface area contributed by atoms with Crippen molar-refractivity contribution in [2.45, 2.75) is 84.6 Å². The number of hydrogen-bond donors (Lipinski definition) is 0. The molecule has 2 aromatic rings. The molecule has 4 heteroatoms. The summed E-state index contributed by atoms with van der Waals surface area (Å²) in [6.07, 6.45) is 8.47. The molecule has 0 spiro atoms. The fourth-order valence-corrected chi connectivity index (χ4v) is 3.61. The lowest BCUT2D eigenvalue weighted by molar-refractivity contribution is -0.119. The number of aryl methyl sites for hydroxylation is 4. The van der Waals surface area contributed by atoms with Crippen LogP contribution in [-0.4, -0.2) is 20.5 Å². The molecule has 0 atom stereocenters. The Labute approximate surface area is 163 Å². The summed E-state index contributed by atoms with van der Waals surface area (Å²) in [6.45, 7) is 6.60. The van der Waals surface area contributed by atoms with E-state index >= 15 is 0 Å². The van der Waals surface area contributed by atoms with Gasteiger partial charge in [0.15, 0.2) is 0 Å². The Morgan fingerprint density at radius 2 is 1.85 bits per heavy atom. The highest BCUT2D eigenvalue weighted by Crippen LogP contribution is 2.37. The van der Waals surface area contributed by atoms with E-state index < -0.39 is 0 Å². The molecule has 146 valence electrons. The molecule has 0 saturated heterocycles. The van der Waals surface area contributed by atoms with Crippen LogP contribution >= 0.6 is 0 Å². The van der Waals surface area contributed by atoms with E-state index in [9.17, 15) is 4.79 Å². The van der Waals surface area contributed by atoms with E-state index in [1.54, 1.807) is 0 Å². The molecular weight excluding hydrogens is 334 g/mol. The molecule has 1 aromatic carbocycles. The van der Waals surface area contributed by atoms with Gasteiger partial charge in [-0.3, -0.25) is 4.79 Å². The molecule has 1 fully saturated rings. The van der Waals surface area contributed by atoms with E-state index in [4.69, 9.17) is 0 Å². The van der Waals surface area contributed by atoms with Crippen LogP contribution in [0.3, 0.4) is 0 Å². The van der Waals surface area contributed by atoms with E-state index in [2.05, 4.69) is 59.8 Å². The lowest BCUT2D eigenvalue weighted by Gasteiger charge is -2.10. The highest BCUT2D eigenvalue weighted by Gasteiger charge is 2.29. The van der Waals surface area contributed by atoms with Crippen LogP contribution in [0.25, 0.3) is 0 Å². The quantitative estimate of drug-likeness (QED) is 0.559. The average Bonchev–Trinajstić information content (AvgIpc) is 3.38. The summed E-state index contributed by atoms with van der Waals surface area (Å²) in [5, 5.41) is 8.86. The Morgan fingerprint density at radius 3 is 2.52 bits per heavy atom. The van der Waals surface area contributed by atoms with Gasteiger partial charge in [-0.25, -0.2) is 0 Å². The van der Waals surface area contributed by atoms with Gasteiger partial charge in [0, 0.05) is 31.7 Å². The molecule has 4 nitrogen and oxygen atoms in total. The molecule has 1 aliphatic carbocycles. The van der Waals surface area contributed by atoms with Crippen LogP contribution in [0.4, 0.5) is 0 Å². The Bertz CT molecular complexity index is 759. The number of Topliss-reactive ketones (excluding diaryl/α,β-unsaturated/α-hetero) is 1. The summed E-state index contributed by atoms with van der Waals surface area (Å²) in [6, 6.07) is 9.14. The molecule has 1 saturated carbocycles. The lowest BCUT2D eigenvalue weighted by atomic mass is 10.0. The van der Waals surface area contributed by atoms with Crippen molar-refractivity contribution < 1.29 is 4.79 Å². The highest BCUT2D eigenvalue weighted by atomic mass is 16.1. The molecule has 0 amide bonds. The summed E-state index contributed by atoms with van der Waals surface area (Å²) in [7, 11) is 0. The minimum atomic E-state index is 0.344. The predicted octanol–water partition coefficient (Wildman–Crippen LogP) is 5.03. The summed E-state index contributed by atoms with van der Waals surface area (Å²) >= 11 is 0. The molecule has 0 bridgehead atoms. The van der Waals surface area contributed by atoms with Crippen LogP contribution in [0.5, 0.6) is 0 Å². The minimum Gasteiger partial charge on any atom is -0.312 e. The van der Waals surface area contributed by atoms with Gasteiger partial charge in [-0.05, 0) is 50.5 Å². The maximum absolute atomic E-state index is 12.3. The monoisotopic (exact) mass is 367 g/mol. The van der Waals surface area contributed by atoms with Crippen LogP contribution in [-0.2, 0) is 24.1 Å². The number of benzene rings is 1. The second kappa shape index (κ2) is 9.29. The molecule has 0 radical (unpaired) electrons. The number of aromatic nitrogens is 3. The number of rotatable bonds is 11. The van der Waals surface area contributed by atoms with E-state index in [-0.39, 0.29) is 0 Å². The second-order valence-electron chi connectivity index (χ2n) is 8.45. The van der Waals surface area contributed by atoms with Crippen molar-refractivity contribution in [1.82, 2.24) is 14.8 Å². The second-order valence-corrected chi connectivity index (χ2v) is 8.45. The van der Waals surface area contributed by atoms with Gasteiger partial charge in [0.1, 0.15) is 17.4 Å². The SMILES string of the molecule is Cc1cccc(CCCC(=O)CCc2nnc(CCC(C)C)n2C2CC2)c1. The van der Waals surface area contributed by atoms with Gasteiger partial charge in [0.2, 0.25) is 0 Å². The summed E-state index contributed by atoms with van der Waals surface area (Å²) in [4.78, 5) is 12.3. The zero-order chi connectivity index (χ0) is 19.2. The molecule has 1 aromatic heterocycles. The van der Waals surface area contributed by atoms with Gasteiger partial charge in [0.25, 0.3) is 0 Å². The van der Waals surface area contributed by atoms with Crippen LogP contribution in [0, 0.1) is 12.8 Å². The Morgan fingerprint density at radius 1 is 1.11 bits per heavy atom. The summed E-state index contributed by atoms with van der Waals surface area (Å²) in [5.74, 6) is 3.15. The molecular formula is C23H33N3O. The van der Waals surface area contributed by atoms with Crippen molar-refractivity contribution in [1.29, 1.82) is 0 Å². The first-order valence-corrected chi connectivity index (χ1v) is 10.5. The van der Waals surface area contributed by atoms with E-state index in [1.165, 1.54) is 24.0 Å². The standard InChI is InChI=1S/C23H33N3O/c1-17(2)10-14-22-24-25-23(26(22)20-11-12-20)15-13-21(27)9-5-8-19-7-4-6-18(3)16-19/h4,6-7,16-17,20H,5,8-15H2,1-3H3. The van der Waals surface area contributed by atoms with Crippen molar-refractivity contribution in [2.24, 2.45) is 5.92 Å². The number of nitrogens with zero attached hydrogens (tertiary/aromatic N) is 3. The zero-order valence-corrected chi connectivity index (χ0v) is 17.1. The fraction of sp³-hybridized carbons (Fsp3) is 0.609. The van der Waals surface area contributed by atoms with Crippen molar-refractivity contribution in [3.8, 4) is 0 Å². The number of carbonyl (C=O) groups excluding carboxylic acids is 1. The number of carbonyl (C=O) groups is 1. The zero-order valence-electron chi connectivity index (χ0n) is 17.1. The molecule has 1 aliphatic rings. The van der Waals surface area contributed by atoms with Gasteiger partial charge in [-0.15, -0.1) is 10.2 Å². The van der Waals surface area contributed by atoms with Crippen molar-refractivity contribution in [2.75, 3.05) is 0 Å². The fourth-order valence-electron chi connectivity index (χ4n) is 3.61. The molecule has 1 heterocycles. The van der Waals surface area contributed by atoms with Gasteiger partial charge >= 0.3 is 0 Å². The molecule has 27 heavy (non-hydrogen) atoms. The number of hydrogen-bond acceptors (Lipinski definition) is 3. The normalized spacial score (nSPS) is 14.1. The first-order chi connectivity index (χ1) is 13.0. The first kappa shape index (κ1) is 19.8. The topological polar surface area (TPSA) is 47.8 Å². The van der Waals surface area contributed by atoms with E-state index in [0.29, 0.717) is 30.6 Å². The van der Waals surface area contributed by atoms with Crippen LogP contribution < -0.4 is 0 Å². The molecule has 3 rings (SSSR count). The van der Waals surface area contributed by atoms with E-state index in [0.717, 1.165) is 43.8 Å². The third kappa shape index (κ3) is 6.02. The third-order valence-electron chi connectivity index (χ3n) is 5.33. The minimum absolute atomic E-state index is 0.344. The average molecular weight is 368 g/mol. The highest BCUT2D eigenvalue weighted by molar-refractivity contribution is 5.78. The van der Waals surface area contributed by atoms with Gasteiger partial charge in [-0.1, -0.05) is 43.7 Å². The summed E-state index contributed by atoms with van der Waals surface area (Å²) in [5.41, 5.74) is 2.61. The smallest absolute Gasteiger partial charge is 0.133 e. The molecule has 0 unspecified atom stereocenters. The lowest BCUT2D eigenvalue weighted by Crippen LogP contribution is -2.09. The van der Waals surface area contributed by atoms with E-state index in [1.807, 2.05) is 0 Å². The predicted molar refractivity (Wildman–Crippen MR) is 109 cm³/mol. The summed E-state index contributed by atoms with van der Waals surface area (Å²) < 4.78 is 2.34. The van der Waals surface area contributed by atoms with Crippen LogP contribution in [0.2, 0.25) is 0 Å². The van der Waals surface area contributed by atoms with Gasteiger partial charge in [-0.2, -0.15) is 0 Å². The largest absolute Gasteiger partial charge is 0.312 e. The Kier molecular flexibility index (Phi) is 6.81. The van der Waals surface area contributed by atoms with Crippen LogP contribution in [0.1, 0.15) is 81.2 Å². The Hall–Kier alpha value is -1.97. The first-order valence-electron chi connectivity index (χ1n) is 10.5. The maximum Gasteiger partial charge on any atom is 0.133 e. The van der Waals surface area contributed by atoms with Crippen molar-refractivity contribution in [3.63, 3.8) is 0 Å². The molecule has 0 aliphatic heterocycles. The van der Waals surface area contributed by atoms with Gasteiger partial charge in [0.05, 0.1) is 0 Å². The molecule has 0 N–H and O–H groups in total. The third-order valence-corrected chi connectivity index (χ3v) is 5.33. The van der Waals surface area contributed by atoms with Crippen LogP contribution in [0.15, 0.2) is 24.3 Å². The number of ketones is 1. The maximum atomic E-state index is 12.3. The van der Waals surface area contributed by atoms with Crippen molar-refractivity contribution in [3.05, 3.63) is 47.0 Å².